The first-order chi connectivity index (χ1) is 11.3. The van der Waals surface area contributed by atoms with Crippen LogP contribution in [0.15, 0.2) is 6.20 Å². The maximum atomic E-state index is 12.2. The van der Waals surface area contributed by atoms with Crippen LogP contribution in [0.1, 0.15) is 50.4 Å². The fraction of sp³-hybridized carbons (Fsp3) is 0.706. The molecule has 1 atom stereocenters. The van der Waals surface area contributed by atoms with Crippen LogP contribution in [0.4, 0.5) is 4.79 Å². The Morgan fingerprint density at radius 3 is 2.83 bits per heavy atom. The average molecular weight is 333 g/mol. The molecule has 1 aromatic heterocycles. The van der Waals surface area contributed by atoms with Crippen molar-refractivity contribution in [2.75, 3.05) is 20.1 Å². The number of fused-ring (bicyclic) bond motifs is 1. The minimum absolute atomic E-state index is 0.137. The Morgan fingerprint density at radius 2 is 2.17 bits per heavy atom. The number of hydrogen-bond donors (Lipinski definition) is 1. The van der Waals surface area contributed by atoms with Crippen LogP contribution in [0, 0.1) is 0 Å². The number of hydrogen-bond acceptors (Lipinski definition) is 4. The SMILES string of the molecule is CN(CCCN1C(=O)NC(C)(C)C1=O)C1CCCc2c1cnn2C. The third-order valence-corrected chi connectivity index (χ3v) is 5.21. The largest absolute Gasteiger partial charge is 0.325 e. The third-order valence-electron chi connectivity index (χ3n) is 5.21. The quantitative estimate of drug-likeness (QED) is 0.828. The molecule has 0 radical (unpaired) electrons. The molecule has 7 heteroatoms. The van der Waals surface area contributed by atoms with Crippen LogP contribution in [-0.2, 0) is 18.3 Å². The fourth-order valence-corrected chi connectivity index (χ4v) is 3.80. The van der Waals surface area contributed by atoms with E-state index in [0.29, 0.717) is 12.6 Å². The Balaban J connectivity index is 1.56. The molecule has 1 saturated heterocycles. The van der Waals surface area contributed by atoms with E-state index in [0.717, 1.165) is 25.8 Å². The second-order valence-corrected chi connectivity index (χ2v) is 7.42. The summed E-state index contributed by atoms with van der Waals surface area (Å²) in [4.78, 5) is 27.8. The average Bonchev–Trinajstić information content (AvgIpc) is 2.99. The van der Waals surface area contributed by atoms with Gasteiger partial charge in [-0.1, -0.05) is 0 Å². The van der Waals surface area contributed by atoms with Gasteiger partial charge in [0.25, 0.3) is 5.91 Å². The zero-order valence-electron chi connectivity index (χ0n) is 15.0. The van der Waals surface area contributed by atoms with E-state index in [9.17, 15) is 9.59 Å². The summed E-state index contributed by atoms with van der Waals surface area (Å²) in [5.74, 6) is -0.137. The molecule has 132 valence electrons. The van der Waals surface area contributed by atoms with Crippen LogP contribution in [0.2, 0.25) is 0 Å². The predicted octanol–water partition coefficient (Wildman–Crippen LogP) is 1.45. The van der Waals surface area contributed by atoms with E-state index in [2.05, 4.69) is 22.4 Å². The lowest BCUT2D eigenvalue weighted by Crippen LogP contribution is -2.40. The number of aromatic nitrogens is 2. The van der Waals surface area contributed by atoms with E-state index in [1.807, 2.05) is 17.9 Å². The molecule has 2 aliphatic rings. The molecule has 1 aliphatic carbocycles. The van der Waals surface area contributed by atoms with Crippen molar-refractivity contribution in [3.63, 3.8) is 0 Å². The highest BCUT2D eigenvalue weighted by Crippen LogP contribution is 2.33. The van der Waals surface area contributed by atoms with E-state index in [1.54, 1.807) is 13.8 Å². The van der Waals surface area contributed by atoms with Crippen molar-refractivity contribution in [2.24, 2.45) is 7.05 Å². The second-order valence-electron chi connectivity index (χ2n) is 7.42. The molecule has 7 nitrogen and oxygen atoms in total. The van der Waals surface area contributed by atoms with Crippen molar-refractivity contribution in [1.82, 2.24) is 24.9 Å². The standard InChI is InChI=1S/C17H27N5O2/c1-17(2)15(23)22(16(24)19-17)10-6-9-20(3)13-7-5-8-14-12(13)11-18-21(14)4/h11,13H,5-10H2,1-4H3,(H,19,24). The van der Waals surface area contributed by atoms with Gasteiger partial charge in [0, 0.05) is 37.4 Å². The number of imide groups is 1. The summed E-state index contributed by atoms with van der Waals surface area (Å²) in [6.45, 7) is 4.79. The summed E-state index contributed by atoms with van der Waals surface area (Å²) in [5, 5.41) is 7.12. The van der Waals surface area contributed by atoms with Gasteiger partial charge in [-0.25, -0.2) is 4.79 Å². The summed E-state index contributed by atoms with van der Waals surface area (Å²) in [5.41, 5.74) is 1.87. The fourth-order valence-electron chi connectivity index (χ4n) is 3.80. The Hall–Kier alpha value is -1.89. The van der Waals surface area contributed by atoms with Crippen molar-refractivity contribution in [2.45, 2.75) is 51.1 Å². The van der Waals surface area contributed by atoms with Gasteiger partial charge in [0.2, 0.25) is 0 Å². The minimum atomic E-state index is -0.781. The molecule has 0 aromatic carbocycles. The zero-order chi connectivity index (χ0) is 17.5. The van der Waals surface area contributed by atoms with Gasteiger partial charge < -0.3 is 5.32 Å². The first-order valence-electron chi connectivity index (χ1n) is 8.66. The smallest absolute Gasteiger partial charge is 0.324 e. The van der Waals surface area contributed by atoms with Crippen LogP contribution in [0.25, 0.3) is 0 Å². The number of aryl methyl sites for hydroxylation is 1. The highest BCUT2D eigenvalue weighted by Gasteiger charge is 2.43. The Bertz CT molecular complexity index is 651. The van der Waals surface area contributed by atoms with Crippen molar-refractivity contribution >= 4 is 11.9 Å². The molecular formula is C17H27N5O2. The maximum absolute atomic E-state index is 12.2. The van der Waals surface area contributed by atoms with Crippen LogP contribution in [-0.4, -0.2) is 57.2 Å². The monoisotopic (exact) mass is 333 g/mol. The molecule has 1 unspecified atom stereocenters. The molecular weight excluding hydrogens is 306 g/mol. The van der Waals surface area contributed by atoms with Crippen LogP contribution in [0.5, 0.6) is 0 Å². The van der Waals surface area contributed by atoms with E-state index in [-0.39, 0.29) is 11.9 Å². The molecule has 1 aromatic rings. The van der Waals surface area contributed by atoms with Gasteiger partial charge in [-0.2, -0.15) is 5.10 Å². The number of nitrogens with one attached hydrogen (secondary N) is 1. The molecule has 0 bridgehead atoms. The Kier molecular flexibility index (Phi) is 4.38. The van der Waals surface area contributed by atoms with Gasteiger partial charge in [0.15, 0.2) is 0 Å². The summed E-state index contributed by atoms with van der Waals surface area (Å²) in [6.07, 6.45) is 6.15. The highest BCUT2D eigenvalue weighted by molar-refractivity contribution is 6.06. The van der Waals surface area contributed by atoms with Gasteiger partial charge in [0.1, 0.15) is 5.54 Å². The Labute approximate surface area is 143 Å². The number of rotatable bonds is 5. The maximum Gasteiger partial charge on any atom is 0.325 e. The van der Waals surface area contributed by atoms with Crippen LogP contribution in [0.3, 0.4) is 0 Å². The van der Waals surface area contributed by atoms with Gasteiger partial charge in [0.05, 0.1) is 6.20 Å². The number of urea groups is 1. The second kappa shape index (κ2) is 6.20. The number of nitrogens with zero attached hydrogens (tertiary/aromatic N) is 4. The number of carbonyl (C=O) groups is 2. The molecule has 1 fully saturated rings. The van der Waals surface area contributed by atoms with Gasteiger partial charge >= 0.3 is 6.03 Å². The third kappa shape index (κ3) is 2.92. The normalized spacial score (nSPS) is 22.9. The van der Waals surface area contributed by atoms with Crippen molar-refractivity contribution < 1.29 is 9.59 Å². The van der Waals surface area contributed by atoms with Gasteiger partial charge in [-0.05, 0) is 46.6 Å². The summed E-state index contributed by atoms with van der Waals surface area (Å²) in [6, 6.07) is 0.0989. The first-order valence-corrected chi connectivity index (χ1v) is 8.66. The molecule has 0 saturated carbocycles. The van der Waals surface area contributed by atoms with E-state index in [4.69, 9.17) is 0 Å². The lowest BCUT2D eigenvalue weighted by Gasteiger charge is -2.31. The lowest BCUT2D eigenvalue weighted by atomic mass is 9.92. The minimum Gasteiger partial charge on any atom is -0.324 e. The van der Waals surface area contributed by atoms with E-state index >= 15 is 0 Å². The molecule has 3 rings (SSSR count). The number of carbonyl (C=O) groups excluding carboxylic acids is 2. The predicted molar refractivity (Wildman–Crippen MR) is 90.5 cm³/mol. The van der Waals surface area contributed by atoms with Crippen molar-refractivity contribution in [1.29, 1.82) is 0 Å². The lowest BCUT2D eigenvalue weighted by molar-refractivity contribution is -0.130. The van der Waals surface area contributed by atoms with E-state index in [1.165, 1.54) is 22.6 Å². The molecule has 2 heterocycles. The van der Waals surface area contributed by atoms with E-state index < -0.39 is 5.54 Å². The Morgan fingerprint density at radius 1 is 1.42 bits per heavy atom. The summed E-state index contributed by atoms with van der Waals surface area (Å²) >= 11 is 0. The summed E-state index contributed by atoms with van der Waals surface area (Å²) in [7, 11) is 4.11. The van der Waals surface area contributed by atoms with Crippen LogP contribution >= 0.6 is 0 Å². The first kappa shape index (κ1) is 17.0. The highest BCUT2D eigenvalue weighted by atomic mass is 16.2. The molecule has 0 spiro atoms. The molecule has 1 N–H and O–H groups in total. The molecule has 3 amide bonds. The van der Waals surface area contributed by atoms with Gasteiger partial charge in [-0.15, -0.1) is 0 Å². The van der Waals surface area contributed by atoms with Crippen molar-refractivity contribution in [3.05, 3.63) is 17.5 Å². The molecule has 24 heavy (non-hydrogen) atoms. The molecule has 1 aliphatic heterocycles. The van der Waals surface area contributed by atoms with Crippen molar-refractivity contribution in [3.8, 4) is 0 Å². The zero-order valence-corrected chi connectivity index (χ0v) is 15.0. The van der Waals surface area contributed by atoms with Gasteiger partial charge in [-0.3, -0.25) is 19.3 Å². The number of amides is 3. The van der Waals surface area contributed by atoms with Crippen LogP contribution < -0.4 is 5.32 Å². The topological polar surface area (TPSA) is 70.5 Å². The summed E-state index contributed by atoms with van der Waals surface area (Å²) < 4.78 is 1.98.